The minimum absolute atomic E-state index is 0.169. The molecule has 0 bridgehead atoms. The molecule has 3 aromatic rings. The molecule has 1 atom stereocenters. The highest BCUT2D eigenvalue weighted by molar-refractivity contribution is 7.24. The first-order valence-electron chi connectivity index (χ1n) is 7.08. The lowest BCUT2D eigenvalue weighted by molar-refractivity contribution is 0.734. The quantitative estimate of drug-likeness (QED) is 0.588. The Balaban J connectivity index is 2.43. The molecule has 0 spiro atoms. The average Bonchev–Trinajstić information content (AvgIpc) is 2.47. The summed E-state index contributed by atoms with van der Waals surface area (Å²) in [4.78, 5) is 12.7. The molecule has 20 heavy (non-hydrogen) atoms. The molecule has 102 valence electrons. The van der Waals surface area contributed by atoms with Crippen LogP contribution in [0.1, 0.15) is 37.3 Å². The molecular formula is C18H18OS. The molecule has 2 aromatic carbocycles. The second kappa shape index (κ2) is 5.02. The van der Waals surface area contributed by atoms with Gasteiger partial charge in [-0.2, -0.15) is 0 Å². The van der Waals surface area contributed by atoms with Crippen molar-refractivity contribution in [2.75, 3.05) is 0 Å². The maximum atomic E-state index is 12.7. The Labute approximate surface area is 122 Å². The van der Waals surface area contributed by atoms with E-state index in [1.54, 1.807) is 11.3 Å². The van der Waals surface area contributed by atoms with Gasteiger partial charge in [0.05, 0.1) is 0 Å². The predicted molar refractivity (Wildman–Crippen MR) is 89.0 cm³/mol. The van der Waals surface area contributed by atoms with Crippen molar-refractivity contribution in [1.29, 1.82) is 0 Å². The molecule has 0 radical (unpaired) electrons. The lowest BCUT2D eigenvalue weighted by Gasteiger charge is -2.12. The van der Waals surface area contributed by atoms with Gasteiger partial charge >= 0.3 is 0 Å². The highest BCUT2D eigenvalue weighted by atomic mass is 32.1. The summed E-state index contributed by atoms with van der Waals surface area (Å²) >= 11 is 1.72. The van der Waals surface area contributed by atoms with Gasteiger partial charge in [0.25, 0.3) is 0 Å². The van der Waals surface area contributed by atoms with Crippen molar-refractivity contribution in [3.63, 3.8) is 0 Å². The third kappa shape index (κ3) is 2.04. The number of fused-ring (bicyclic) bond motifs is 2. The van der Waals surface area contributed by atoms with Crippen molar-refractivity contribution in [2.45, 2.75) is 33.1 Å². The van der Waals surface area contributed by atoms with Crippen molar-refractivity contribution in [2.24, 2.45) is 0 Å². The monoisotopic (exact) mass is 282 g/mol. The van der Waals surface area contributed by atoms with E-state index >= 15 is 0 Å². The SMILES string of the molecule is CCC(C)c1cc(C)c2sc3ccccc3c(=O)c2c1. The van der Waals surface area contributed by atoms with Crippen molar-refractivity contribution < 1.29 is 0 Å². The van der Waals surface area contributed by atoms with Gasteiger partial charge in [-0.15, -0.1) is 11.3 Å². The lowest BCUT2D eigenvalue weighted by atomic mass is 9.95. The number of benzene rings is 2. The van der Waals surface area contributed by atoms with Crippen LogP contribution in [0.4, 0.5) is 0 Å². The van der Waals surface area contributed by atoms with Crippen LogP contribution in [-0.2, 0) is 0 Å². The number of hydrogen-bond acceptors (Lipinski definition) is 2. The van der Waals surface area contributed by atoms with Crippen LogP contribution in [-0.4, -0.2) is 0 Å². The maximum Gasteiger partial charge on any atom is 0.195 e. The average molecular weight is 282 g/mol. The highest BCUT2D eigenvalue weighted by Gasteiger charge is 2.11. The smallest absolute Gasteiger partial charge is 0.195 e. The van der Waals surface area contributed by atoms with Gasteiger partial charge in [-0.05, 0) is 48.6 Å². The van der Waals surface area contributed by atoms with Gasteiger partial charge in [0.1, 0.15) is 0 Å². The maximum absolute atomic E-state index is 12.7. The standard InChI is InChI=1S/C18H18OS/c1-4-11(2)13-9-12(3)18-15(10-13)17(19)14-7-5-6-8-16(14)20-18/h5-11H,4H2,1-3H3. The van der Waals surface area contributed by atoms with Crippen LogP contribution in [0.25, 0.3) is 20.2 Å². The lowest BCUT2D eigenvalue weighted by Crippen LogP contribution is -2.03. The Bertz CT molecular complexity index is 845. The first-order chi connectivity index (χ1) is 9.61. The fraction of sp³-hybridized carbons (Fsp3) is 0.278. The van der Waals surface area contributed by atoms with E-state index in [-0.39, 0.29) is 5.43 Å². The molecular weight excluding hydrogens is 264 g/mol. The molecule has 0 fully saturated rings. The van der Waals surface area contributed by atoms with Crippen LogP contribution in [0.3, 0.4) is 0 Å². The third-order valence-electron chi connectivity index (χ3n) is 4.07. The predicted octanol–water partition coefficient (Wildman–Crippen LogP) is 5.24. The minimum atomic E-state index is 0.169. The highest BCUT2D eigenvalue weighted by Crippen LogP contribution is 2.30. The summed E-state index contributed by atoms with van der Waals surface area (Å²) < 4.78 is 2.20. The molecule has 0 aliphatic rings. The van der Waals surface area contributed by atoms with Gasteiger partial charge in [-0.3, -0.25) is 4.79 Å². The first-order valence-corrected chi connectivity index (χ1v) is 7.89. The van der Waals surface area contributed by atoms with E-state index < -0.39 is 0 Å². The van der Waals surface area contributed by atoms with Gasteiger partial charge in [0.2, 0.25) is 0 Å². The van der Waals surface area contributed by atoms with Crippen molar-refractivity contribution in [3.8, 4) is 0 Å². The summed E-state index contributed by atoms with van der Waals surface area (Å²) in [5.41, 5.74) is 2.66. The summed E-state index contributed by atoms with van der Waals surface area (Å²) in [7, 11) is 0. The molecule has 1 aromatic heterocycles. The Morgan fingerprint density at radius 2 is 1.90 bits per heavy atom. The summed E-state index contributed by atoms with van der Waals surface area (Å²) in [6.07, 6.45) is 1.09. The van der Waals surface area contributed by atoms with E-state index in [0.29, 0.717) is 5.92 Å². The van der Waals surface area contributed by atoms with Crippen LogP contribution < -0.4 is 5.43 Å². The van der Waals surface area contributed by atoms with Gasteiger partial charge in [0.15, 0.2) is 5.43 Å². The molecule has 1 heterocycles. The van der Waals surface area contributed by atoms with Crippen molar-refractivity contribution in [3.05, 3.63) is 57.7 Å². The van der Waals surface area contributed by atoms with Crippen LogP contribution in [0, 0.1) is 6.92 Å². The summed E-state index contributed by atoms with van der Waals surface area (Å²) in [5, 5.41) is 1.72. The number of hydrogen-bond donors (Lipinski definition) is 0. The summed E-state index contributed by atoms with van der Waals surface area (Å²) in [5.74, 6) is 0.494. The van der Waals surface area contributed by atoms with Crippen LogP contribution in [0.5, 0.6) is 0 Å². The zero-order valence-electron chi connectivity index (χ0n) is 12.1. The largest absolute Gasteiger partial charge is 0.289 e. The second-order valence-electron chi connectivity index (χ2n) is 5.45. The molecule has 0 aliphatic heterocycles. The van der Waals surface area contributed by atoms with Gasteiger partial charge in [-0.1, -0.05) is 32.0 Å². The van der Waals surface area contributed by atoms with E-state index in [4.69, 9.17) is 0 Å². The minimum Gasteiger partial charge on any atom is -0.289 e. The van der Waals surface area contributed by atoms with Crippen LogP contribution >= 0.6 is 11.3 Å². The van der Waals surface area contributed by atoms with E-state index in [9.17, 15) is 4.79 Å². The zero-order valence-corrected chi connectivity index (χ0v) is 12.9. The molecule has 0 saturated carbocycles. The third-order valence-corrected chi connectivity index (χ3v) is 5.39. The first kappa shape index (κ1) is 13.3. The van der Waals surface area contributed by atoms with E-state index in [2.05, 4.69) is 32.9 Å². The fourth-order valence-electron chi connectivity index (χ4n) is 2.62. The topological polar surface area (TPSA) is 17.1 Å². The molecule has 3 rings (SSSR count). The number of aryl methyl sites for hydroxylation is 1. The molecule has 1 unspecified atom stereocenters. The Morgan fingerprint density at radius 1 is 1.15 bits per heavy atom. The molecule has 0 saturated heterocycles. The summed E-state index contributed by atoms with van der Waals surface area (Å²) in [6, 6.07) is 12.2. The Morgan fingerprint density at radius 3 is 2.65 bits per heavy atom. The second-order valence-corrected chi connectivity index (χ2v) is 6.50. The van der Waals surface area contributed by atoms with Crippen molar-refractivity contribution >= 4 is 31.5 Å². The summed E-state index contributed by atoms with van der Waals surface area (Å²) in [6.45, 7) is 6.51. The van der Waals surface area contributed by atoms with Gasteiger partial charge in [0, 0.05) is 20.2 Å². The normalized spacial score (nSPS) is 12.9. The van der Waals surface area contributed by atoms with Gasteiger partial charge < -0.3 is 0 Å². The molecule has 2 heteroatoms. The molecule has 1 nitrogen and oxygen atoms in total. The molecule has 0 N–H and O–H groups in total. The zero-order chi connectivity index (χ0) is 14.3. The van der Waals surface area contributed by atoms with E-state index in [1.165, 1.54) is 11.1 Å². The van der Waals surface area contributed by atoms with Crippen LogP contribution in [0.15, 0.2) is 41.2 Å². The Hall–Kier alpha value is -1.67. The van der Waals surface area contributed by atoms with E-state index in [1.807, 2.05) is 24.3 Å². The Kier molecular flexibility index (Phi) is 3.35. The van der Waals surface area contributed by atoms with E-state index in [0.717, 1.165) is 26.6 Å². The number of rotatable bonds is 2. The fourth-order valence-corrected chi connectivity index (χ4v) is 3.74. The van der Waals surface area contributed by atoms with Crippen molar-refractivity contribution in [1.82, 2.24) is 0 Å². The van der Waals surface area contributed by atoms with Crippen LogP contribution in [0.2, 0.25) is 0 Å². The van der Waals surface area contributed by atoms with Gasteiger partial charge in [-0.25, -0.2) is 0 Å². The molecule has 0 aliphatic carbocycles. The molecule has 0 amide bonds.